The number of H-pyrrole nitrogens is 1. The summed E-state index contributed by atoms with van der Waals surface area (Å²) < 4.78 is 26.4. The van der Waals surface area contributed by atoms with Crippen LogP contribution >= 0.6 is 11.6 Å². The standard InChI is InChI=1S/C12H17ClN2O3S/c1-2-9-4-3-5-15(8-9)19(17,18)10-6-11(13)12(16)14-7-10/h6-7,9H,2-5,8H2,1H3,(H,14,16). The van der Waals surface area contributed by atoms with Crippen LogP contribution in [0.3, 0.4) is 0 Å². The minimum Gasteiger partial charge on any atom is -0.326 e. The Hall–Kier alpha value is -0.850. The summed E-state index contributed by atoms with van der Waals surface area (Å²) in [5.41, 5.74) is -0.481. The maximum atomic E-state index is 12.5. The van der Waals surface area contributed by atoms with Crippen LogP contribution in [0.15, 0.2) is 22.0 Å². The molecule has 2 heterocycles. The Morgan fingerprint density at radius 1 is 1.53 bits per heavy atom. The van der Waals surface area contributed by atoms with Crippen molar-refractivity contribution in [3.63, 3.8) is 0 Å². The minimum absolute atomic E-state index is 0.0499. The van der Waals surface area contributed by atoms with E-state index >= 15 is 0 Å². The van der Waals surface area contributed by atoms with Crippen molar-refractivity contribution in [2.24, 2.45) is 5.92 Å². The highest BCUT2D eigenvalue weighted by molar-refractivity contribution is 7.89. The van der Waals surface area contributed by atoms with Crippen LogP contribution in [-0.2, 0) is 10.0 Å². The molecule has 0 spiro atoms. The predicted octanol–water partition coefficient (Wildman–Crippen LogP) is 1.84. The number of nitrogens with one attached hydrogen (secondary N) is 1. The molecule has 0 aliphatic carbocycles. The van der Waals surface area contributed by atoms with Crippen LogP contribution in [0.25, 0.3) is 0 Å². The molecule has 0 radical (unpaired) electrons. The molecule has 1 atom stereocenters. The summed E-state index contributed by atoms with van der Waals surface area (Å²) in [7, 11) is -3.57. The molecule has 1 saturated heterocycles. The van der Waals surface area contributed by atoms with Crippen molar-refractivity contribution in [2.45, 2.75) is 31.1 Å². The van der Waals surface area contributed by atoms with Crippen LogP contribution in [0.4, 0.5) is 0 Å². The lowest BCUT2D eigenvalue weighted by Crippen LogP contribution is -2.39. The first-order chi connectivity index (χ1) is 8.95. The lowest BCUT2D eigenvalue weighted by molar-refractivity contribution is 0.261. The molecule has 7 heteroatoms. The normalized spacial score (nSPS) is 21.5. The molecule has 0 amide bonds. The first-order valence-corrected chi connectivity index (χ1v) is 8.15. The van der Waals surface area contributed by atoms with E-state index < -0.39 is 15.6 Å². The number of aromatic nitrogens is 1. The molecule has 2 rings (SSSR count). The van der Waals surface area contributed by atoms with Crippen molar-refractivity contribution in [3.8, 4) is 0 Å². The second-order valence-corrected chi connectivity index (χ2v) is 7.14. The van der Waals surface area contributed by atoms with Gasteiger partial charge in [0.05, 0.1) is 4.90 Å². The average Bonchev–Trinajstić information content (AvgIpc) is 2.41. The molecular weight excluding hydrogens is 288 g/mol. The first-order valence-electron chi connectivity index (χ1n) is 6.33. The van der Waals surface area contributed by atoms with Crippen LogP contribution < -0.4 is 5.56 Å². The quantitative estimate of drug-likeness (QED) is 0.926. The third-order valence-electron chi connectivity index (χ3n) is 3.53. The van der Waals surface area contributed by atoms with Gasteiger partial charge in [-0.1, -0.05) is 24.9 Å². The topological polar surface area (TPSA) is 70.2 Å². The van der Waals surface area contributed by atoms with E-state index in [1.165, 1.54) is 16.6 Å². The maximum absolute atomic E-state index is 12.5. The molecular formula is C12H17ClN2O3S. The highest BCUT2D eigenvalue weighted by Crippen LogP contribution is 2.25. The van der Waals surface area contributed by atoms with Gasteiger partial charge in [0.25, 0.3) is 5.56 Å². The Morgan fingerprint density at radius 2 is 2.26 bits per heavy atom. The van der Waals surface area contributed by atoms with Crippen molar-refractivity contribution in [1.82, 2.24) is 9.29 Å². The van der Waals surface area contributed by atoms with Crippen LogP contribution in [0, 0.1) is 5.92 Å². The number of hydrogen-bond acceptors (Lipinski definition) is 3. The molecule has 1 aliphatic rings. The van der Waals surface area contributed by atoms with E-state index in [9.17, 15) is 13.2 Å². The molecule has 106 valence electrons. The molecule has 19 heavy (non-hydrogen) atoms. The molecule has 1 aromatic rings. The first kappa shape index (κ1) is 14.6. The fraction of sp³-hybridized carbons (Fsp3) is 0.583. The van der Waals surface area contributed by atoms with Gasteiger partial charge in [-0.3, -0.25) is 4.79 Å². The molecule has 1 fully saturated rings. The third kappa shape index (κ3) is 3.01. The summed E-state index contributed by atoms with van der Waals surface area (Å²) in [6.45, 7) is 3.13. The molecule has 0 aromatic carbocycles. The van der Waals surface area contributed by atoms with E-state index in [1.807, 2.05) is 0 Å². The number of hydrogen-bond donors (Lipinski definition) is 1. The summed E-state index contributed by atoms with van der Waals surface area (Å²) in [6.07, 6.45) is 4.11. The average molecular weight is 305 g/mol. The van der Waals surface area contributed by atoms with Crippen molar-refractivity contribution in [1.29, 1.82) is 0 Å². The fourth-order valence-electron chi connectivity index (χ4n) is 2.31. The zero-order valence-electron chi connectivity index (χ0n) is 10.7. The van der Waals surface area contributed by atoms with Gasteiger partial charge in [-0.05, 0) is 24.8 Å². The smallest absolute Gasteiger partial charge is 0.266 e. The van der Waals surface area contributed by atoms with Gasteiger partial charge in [-0.15, -0.1) is 0 Å². The van der Waals surface area contributed by atoms with Gasteiger partial charge < -0.3 is 4.98 Å². The summed E-state index contributed by atoms with van der Waals surface area (Å²) in [5.74, 6) is 0.404. The van der Waals surface area contributed by atoms with Crippen LogP contribution in [0.5, 0.6) is 0 Å². The number of aromatic amines is 1. The van der Waals surface area contributed by atoms with Gasteiger partial charge in [-0.25, -0.2) is 8.42 Å². The lowest BCUT2D eigenvalue weighted by atomic mass is 9.97. The fourth-order valence-corrected chi connectivity index (χ4v) is 4.10. The van der Waals surface area contributed by atoms with Crippen molar-refractivity contribution in [2.75, 3.05) is 13.1 Å². The number of sulfonamides is 1. The molecule has 1 aliphatic heterocycles. The Bertz CT molecular complexity index is 612. The number of nitrogens with zero attached hydrogens (tertiary/aromatic N) is 1. The van der Waals surface area contributed by atoms with Gasteiger partial charge in [0.15, 0.2) is 0 Å². The zero-order valence-corrected chi connectivity index (χ0v) is 12.3. The Labute approximate surface area is 117 Å². The number of pyridine rings is 1. The van der Waals surface area contributed by atoms with Crippen molar-refractivity contribution < 1.29 is 8.42 Å². The monoisotopic (exact) mass is 304 g/mol. The van der Waals surface area contributed by atoms with Crippen molar-refractivity contribution >= 4 is 21.6 Å². The van der Waals surface area contributed by atoms with E-state index in [1.54, 1.807) is 0 Å². The number of piperidine rings is 1. The van der Waals surface area contributed by atoms with Crippen LogP contribution in [-0.4, -0.2) is 30.8 Å². The Balaban J connectivity index is 2.31. The largest absolute Gasteiger partial charge is 0.326 e. The van der Waals surface area contributed by atoms with Gasteiger partial charge >= 0.3 is 0 Å². The lowest BCUT2D eigenvalue weighted by Gasteiger charge is -2.31. The summed E-state index contributed by atoms with van der Waals surface area (Å²) in [6, 6.07) is 1.21. The Morgan fingerprint density at radius 3 is 2.89 bits per heavy atom. The summed E-state index contributed by atoms with van der Waals surface area (Å²) >= 11 is 5.69. The highest BCUT2D eigenvalue weighted by Gasteiger charge is 2.30. The number of halogens is 1. The van der Waals surface area contributed by atoms with E-state index in [0.717, 1.165) is 19.3 Å². The van der Waals surface area contributed by atoms with Gasteiger partial charge in [0.1, 0.15) is 5.02 Å². The van der Waals surface area contributed by atoms with E-state index in [-0.39, 0.29) is 9.92 Å². The van der Waals surface area contributed by atoms with E-state index in [4.69, 9.17) is 11.6 Å². The highest BCUT2D eigenvalue weighted by atomic mass is 35.5. The SMILES string of the molecule is CCC1CCCN(S(=O)(=O)c2c[nH]c(=O)c(Cl)c2)C1. The van der Waals surface area contributed by atoms with Gasteiger partial charge in [0.2, 0.25) is 10.0 Å². The summed E-state index contributed by atoms with van der Waals surface area (Å²) in [5, 5.41) is -0.106. The molecule has 1 N–H and O–H groups in total. The molecule has 5 nitrogen and oxygen atoms in total. The molecule has 1 aromatic heterocycles. The Kier molecular flexibility index (Phi) is 4.32. The molecule has 0 saturated carbocycles. The van der Waals surface area contributed by atoms with Gasteiger partial charge in [0, 0.05) is 19.3 Å². The van der Waals surface area contributed by atoms with Gasteiger partial charge in [-0.2, -0.15) is 4.31 Å². The van der Waals surface area contributed by atoms with E-state index in [2.05, 4.69) is 11.9 Å². The van der Waals surface area contributed by atoms with Crippen molar-refractivity contribution in [3.05, 3.63) is 27.6 Å². The minimum atomic E-state index is -3.57. The second kappa shape index (κ2) is 5.64. The number of rotatable bonds is 3. The van der Waals surface area contributed by atoms with Crippen LogP contribution in [0.2, 0.25) is 5.02 Å². The second-order valence-electron chi connectivity index (χ2n) is 4.79. The maximum Gasteiger partial charge on any atom is 0.266 e. The molecule has 1 unspecified atom stereocenters. The molecule has 0 bridgehead atoms. The third-order valence-corrected chi connectivity index (χ3v) is 5.65. The van der Waals surface area contributed by atoms with Crippen LogP contribution in [0.1, 0.15) is 26.2 Å². The zero-order chi connectivity index (χ0) is 14.0. The summed E-state index contributed by atoms with van der Waals surface area (Å²) in [4.78, 5) is 13.6. The van der Waals surface area contributed by atoms with E-state index in [0.29, 0.717) is 19.0 Å². The predicted molar refractivity (Wildman–Crippen MR) is 73.8 cm³/mol.